The normalized spacial score (nSPS) is 19.1. The topological polar surface area (TPSA) is 39.7 Å². The Balaban J connectivity index is 1.56. The number of hydrogen-bond acceptors (Lipinski definition) is 2. The molecule has 7 heteroatoms. The molecule has 0 aliphatic carbocycles. The Hall–Kier alpha value is -2.28. The predicted octanol–water partition coefficient (Wildman–Crippen LogP) is 3.14. The molecular formula is C19H23F3N4. The molecule has 2 N–H and O–H groups in total. The first kappa shape index (κ1) is 18.5. The van der Waals surface area contributed by atoms with E-state index in [1.165, 1.54) is 15.7 Å². The second-order valence-electron chi connectivity index (χ2n) is 6.54. The zero-order chi connectivity index (χ0) is 18.6. The summed E-state index contributed by atoms with van der Waals surface area (Å²) in [5, 5.41) is 8.85. The standard InChI is InChI=1S/C19H23F3N4/c1-23-18(25-16-9-10-26(12-16)13-19(20,21)22)24-11-15-7-4-6-14-5-2-3-8-17(14)15/h2-8,16H,9-13H2,1H3,(H2,23,24,25). The third-order valence-electron chi connectivity index (χ3n) is 4.57. The smallest absolute Gasteiger partial charge is 0.352 e. The summed E-state index contributed by atoms with van der Waals surface area (Å²) < 4.78 is 37.5. The predicted molar refractivity (Wildman–Crippen MR) is 98.2 cm³/mol. The Morgan fingerprint density at radius 3 is 2.73 bits per heavy atom. The van der Waals surface area contributed by atoms with E-state index >= 15 is 0 Å². The molecule has 0 saturated carbocycles. The van der Waals surface area contributed by atoms with Crippen molar-refractivity contribution >= 4 is 16.7 Å². The summed E-state index contributed by atoms with van der Waals surface area (Å²) in [5.74, 6) is 0.608. The lowest BCUT2D eigenvalue weighted by Crippen LogP contribution is -2.44. The minimum absolute atomic E-state index is 0.0314. The van der Waals surface area contributed by atoms with Crippen LogP contribution in [0.2, 0.25) is 0 Å². The molecule has 2 aromatic carbocycles. The van der Waals surface area contributed by atoms with Crippen molar-refractivity contribution in [3.8, 4) is 0 Å². The Bertz CT molecular complexity index is 767. The van der Waals surface area contributed by atoms with E-state index in [2.05, 4.69) is 39.9 Å². The Morgan fingerprint density at radius 2 is 1.96 bits per heavy atom. The average molecular weight is 364 g/mol. The number of guanidine groups is 1. The van der Waals surface area contributed by atoms with Gasteiger partial charge in [-0.05, 0) is 22.8 Å². The molecule has 0 radical (unpaired) electrons. The third kappa shape index (κ3) is 4.88. The summed E-state index contributed by atoms with van der Waals surface area (Å²) in [6, 6.07) is 14.3. The molecule has 2 aromatic rings. The van der Waals surface area contributed by atoms with Gasteiger partial charge in [-0.25, -0.2) is 0 Å². The van der Waals surface area contributed by atoms with E-state index in [0.29, 0.717) is 32.0 Å². The van der Waals surface area contributed by atoms with Crippen LogP contribution in [0.1, 0.15) is 12.0 Å². The maximum atomic E-state index is 12.5. The molecule has 1 saturated heterocycles. The molecule has 1 aliphatic rings. The summed E-state index contributed by atoms with van der Waals surface area (Å²) in [5.41, 5.74) is 1.15. The van der Waals surface area contributed by atoms with E-state index < -0.39 is 12.7 Å². The third-order valence-corrected chi connectivity index (χ3v) is 4.57. The molecule has 1 aliphatic heterocycles. The lowest BCUT2D eigenvalue weighted by Gasteiger charge is -2.20. The number of hydrogen-bond donors (Lipinski definition) is 2. The van der Waals surface area contributed by atoms with Crippen LogP contribution in [0.5, 0.6) is 0 Å². The van der Waals surface area contributed by atoms with Crippen LogP contribution in [-0.2, 0) is 6.54 Å². The lowest BCUT2D eigenvalue weighted by molar-refractivity contribution is -0.143. The zero-order valence-electron chi connectivity index (χ0n) is 14.7. The summed E-state index contributed by atoms with van der Waals surface area (Å²) in [6.45, 7) is 0.555. The number of likely N-dealkylation sites (tertiary alicyclic amines) is 1. The Kier molecular flexibility index (Phi) is 5.66. The molecular weight excluding hydrogens is 341 g/mol. The minimum atomic E-state index is -4.15. The van der Waals surface area contributed by atoms with Gasteiger partial charge in [-0.15, -0.1) is 0 Å². The number of benzene rings is 2. The van der Waals surface area contributed by atoms with Gasteiger partial charge >= 0.3 is 6.18 Å². The molecule has 1 fully saturated rings. The monoisotopic (exact) mass is 364 g/mol. The van der Waals surface area contributed by atoms with Crippen molar-refractivity contribution in [3.05, 3.63) is 48.0 Å². The lowest BCUT2D eigenvalue weighted by atomic mass is 10.0. The number of fused-ring (bicyclic) bond motifs is 1. The molecule has 1 heterocycles. The Morgan fingerprint density at radius 1 is 1.19 bits per heavy atom. The molecule has 0 amide bonds. The van der Waals surface area contributed by atoms with Gasteiger partial charge < -0.3 is 10.6 Å². The van der Waals surface area contributed by atoms with Crippen LogP contribution in [0.3, 0.4) is 0 Å². The van der Waals surface area contributed by atoms with Crippen LogP contribution in [-0.4, -0.2) is 49.8 Å². The van der Waals surface area contributed by atoms with Crippen molar-refractivity contribution in [1.29, 1.82) is 0 Å². The van der Waals surface area contributed by atoms with Gasteiger partial charge in [0.1, 0.15) is 0 Å². The SMILES string of the molecule is CN=C(NCc1cccc2ccccc12)NC1CCN(CC(F)(F)F)C1. The molecule has 4 nitrogen and oxygen atoms in total. The van der Waals surface area contributed by atoms with Gasteiger partial charge in [0.05, 0.1) is 6.54 Å². The fourth-order valence-electron chi connectivity index (χ4n) is 3.36. The summed E-state index contributed by atoms with van der Waals surface area (Å²) in [4.78, 5) is 5.63. The van der Waals surface area contributed by atoms with Crippen LogP contribution in [0.15, 0.2) is 47.5 Å². The number of aliphatic imine (C=N–C) groups is 1. The van der Waals surface area contributed by atoms with Gasteiger partial charge in [0.15, 0.2) is 5.96 Å². The second-order valence-corrected chi connectivity index (χ2v) is 6.54. The van der Waals surface area contributed by atoms with Gasteiger partial charge in [-0.3, -0.25) is 9.89 Å². The first-order valence-corrected chi connectivity index (χ1v) is 8.67. The van der Waals surface area contributed by atoms with Crippen molar-refractivity contribution in [1.82, 2.24) is 15.5 Å². The largest absolute Gasteiger partial charge is 0.401 e. The van der Waals surface area contributed by atoms with Gasteiger partial charge in [0, 0.05) is 32.7 Å². The van der Waals surface area contributed by atoms with Crippen molar-refractivity contribution in [2.75, 3.05) is 26.7 Å². The molecule has 26 heavy (non-hydrogen) atoms. The number of alkyl halides is 3. The first-order chi connectivity index (χ1) is 12.4. The van der Waals surface area contributed by atoms with Crippen molar-refractivity contribution in [3.63, 3.8) is 0 Å². The molecule has 3 rings (SSSR count). The van der Waals surface area contributed by atoms with E-state index in [1.54, 1.807) is 7.05 Å². The zero-order valence-corrected chi connectivity index (χ0v) is 14.7. The highest BCUT2D eigenvalue weighted by Crippen LogP contribution is 2.20. The van der Waals surface area contributed by atoms with Gasteiger partial charge in [0.2, 0.25) is 0 Å². The number of rotatable bonds is 4. The molecule has 140 valence electrons. The quantitative estimate of drug-likeness (QED) is 0.647. The molecule has 1 unspecified atom stereocenters. The van der Waals surface area contributed by atoms with Crippen molar-refractivity contribution < 1.29 is 13.2 Å². The van der Waals surface area contributed by atoms with Crippen molar-refractivity contribution in [2.45, 2.75) is 25.2 Å². The fraction of sp³-hybridized carbons (Fsp3) is 0.421. The average Bonchev–Trinajstić information content (AvgIpc) is 3.03. The molecule has 0 bridgehead atoms. The molecule has 1 atom stereocenters. The maximum absolute atomic E-state index is 12.5. The van der Waals surface area contributed by atoms with E-state index in [4.69, 9.17) is 0 Å². The van der Waals surface area contributed by atoms with Gasteiger partial charge in [-0.2, -0.15) is 13.2 Å². The van der Waals surface area contributed by atoms with E-state index in [0.717, 1.165) is 5.56 Å². The summed E-state index contributed by atoms with van der Waals surface area (Å²) in [7, 11) is 1.67. The fourth-order valence-corrected chi connectivity index (χ4v) is 3.36. The second kappa shape index (κ2) is 7.95. The number of halogens is 3. The highest BCUT2D eigenvalue weighted by molar-refractivity contribution is 5.86. The van der Waals surface area contributed by atoms with Crippen LogP contribution >= 0.6 is 0 Å². The van der Waals surface area contributed by atoms with Crippen LogP contribution in [0.4, 0.5) is 13.2 Å². The maximum Gasteiger partial charge on any atom is 0.401 e. The highest BCUT2D eigenvalue weighted by atomic mass is 19.4. The molecule has 0 spiro atoms. The van der Waals surface area contributed by atoms with Crippen LogP contribution < -0.4 is 10.6 Å². The van der Waals surface area contributed by atoms with Gasteiger partial charge in [0.25, 0.3) is 0 Å². The highest BCUT2D eigenvalue weighted by Gasteiger charge is 2.34. The number of nitrogens with one attached hydrogen (secondary N) is 2. The summed E-state index contributed by atoms with van der Waals surface area (Å²) in [6.07, 6.45) is -3.48. The van der Waals surface area contributed by atoms with Crippen molar-refractivity contribution in [2.24, 2.45) is 4.99 Å². The Labute approximate surface area is 151 Å². The van der Waals surface area contributed by atoms with E-state index in [1.807, 2.05) is 18.2 Å². The van der Waals surface area contributed by atoms with Gasteiger partial charge in [-0.1, -0.05) is 42.5 Å². The first-order valence-electron chi connectivity index (χ1n) is 8.67. The van der Waals surface area contributed by atoms with Crippen LogP contribution in [0.25, 0.3) is 10.8 Å². The van der Waals surface area contributed by atoms with E-state index in [-0.39, 0.29) is 6.04 Å². The van der Waals surface area contributed by atoms with E-state index in [9.17, 15) is 13.2 Å². The van der Waals surface area contributed by atoms with Crippen LogP contribution in [0, 0.1) is 0 Å². The number of nitrogens with zero attached hydrogens (tertiary/aromatic N) is 2. The summed E-state index contributed by atoms with van der Waals surface area (Å²) >= 11 is 0. The molecule has 0 aromatic heterocycles. The minimum Gasteiger partial charge on any atom is -0.352 e.